The zero-order valence-corrected chi connectivity index (χ0v) is 15.6. The molecule has 0 fully saturated rings. The van der Waals surface area contributed by atoms with Crippen LogP contribution in [0.2, 0.25) is 0 Å². The number of H-pyrrole nitrogens is 1. The SMILES string of the molecule is Cc1cc(C=C2Sc3ccccc3N(Cc3nn[nH]n3)C2=O)cc(C)c1O. The van der Waals surface area contributed by atoms with Crippen LogP contribution in [0, 0.1) is 13.8 Å². The summed E-state index contributed by atoms with van der Waals surface area (Å²) in [4.78, 5) is 16.4. The minimum atomic E-state index is -0.119. The number of aromatic hydroxyl groups is 1. The number of nitrogens with zero attached hydrogens (tertiary/aromatic N) is 4. The van der Waals surface area contributed by atoms with Crippen LogP contribution in [0.15, 0.2) is 46.2 Å². The fraction of sp³-hybridized carbons (Fsp3) is 0.158. The average molecular weight is 379 g/mol. The quantitative estimate of drug-likeness (QED) is 0.679. The second-order valence-electron chi connectivity index (χ2n) is 6.30. The van der Waals surface area contributed by atoms with Gasteiger partial charge in [-0.1, -0.05) is 29.1 Å². The van der Waals surface area contributed by atoms with Crippen LogP contribution >= 0.6 is 11.8 Å². The molecule has 4 rings (SSSR count). The molecule has 0 saturated heterocycles. The number of aryl methyl sites for hydroxylation is 2. The number of fused-ring (bicyclic) bond motifs is 1. The lowest BCUT2D eigenvalue weighted by Gasteiger charge is -2.29. The van der Waals surface area contributed by atoms with Gasteiger partial charge < -0.3 is 5.11 Å². The molecule has 0 atom stereocenters. The van der Waals surface area contributed by atoms with Gasteiger partial charge in [0.05, 0.1) is 17.1 Å². The van der Waals surface area contributed by atoms with E-state index in [2.05, 4.69) is 20.6 Å². The molecule has 0 bridgehead atoms. The molecule has 0 saturated carbocycles. The number of nitrogens with one attached hydrogen (secondary N) is 1. The second kappa shape index (κ2) is 6.88. The summed E-state index contributed by atoms with van der Waals surface area (Å²) in [6.07, 6.45) is 1.85. The van der Waals surface area contributed by atoms with E-state index in [9.17, 15) is 9.90 Å². The molecule has 136 valence electrons. The molecule has 0 unspecified atom stereocenters. The molecule has 0 radical (unpaired) electrons. The lowest BCUT2D eigenvalue weighted by molar-refractivity contribution is -0.114. The van der Waals surface area contributed by atoms with E-state index in [-0.39, 0.29) is 18.2 Å². The molecule has 0 spiro atoms. The maximum Gasteiger partial charge on any atom is 0.265 e. The molecule has 1 aliphatic heterocycles. The minimum Gasteiger partial charge on any atom is -0.507 e. The lowest BCUT2D eigenvalue weighted by Crippen LogP contribution is -2.34. The first-order chi connectivity index (χ1) is 13.0. The highest BCUT2D eigenvalue weighted by atomic mass is 32.2. The van der Waals surface area contributed by atoms with E-state index in [0.29, 0.717) is 10.7 Å². The number of benzene rings is 2. The Morgan fingerprint density at radius 3 is 2.67 bits per heavy atom. The van der Waals surface area contributed by atoms with Crippen LogP contribution in [0.3, 0.4) is 0 Å². The van der Waals surface area contributed by atoms with Gasteiger partial charge >= 0.3 is 0 Å². The van der Waals surface area contributed by atoms with E-state index in [0.717, 1.165) is 27.3 Å². The molecule has 1 amide bonds. The van der Waals surface area contributed by atoms with E-state index in [4.69, 9.17) is 0 Å². The first kappa shape index (κ1) is 17.3. The summed E-state index contributed by atoms with van der Waals surface area (Å²) in [6, 6.07) is 11.5. The van der Waals surface area contributed by atoms with Crippen LogP contribution in [-0.2, 0) is 11.3 Å². The van der Waals surface area contributed by atoms with E-state index >= 15 is 0 Å². The van der Waals surface area contributed by atoms with Gasteiger partial charge in [-0.3, -0.25) is 9.69 Å². The summed E-state index contributed by atoms with van der Waals surface area (Å²) in [5, 5.41) is 23.9. The average Bonchev–Trinajstić information content (AvgIpc) is 3.16. The van der Waals surface area contributed by atoms with Crippen LogP contribution < -0.4 is 4.90 Å². The molecule has 7 nitrogen and oxygen atoms in total. The normalized spacial score (nSPS) is 15.3. The molecular formula is C19H17N5O2S. The Balaban J connectivity index is 1.76. The smallest absolute Gasteiger partial charge is 0.265 e. The molecule has 1 aliphatic rings. The zero-order valence-electron chi connectivity index (χ0n) is 14.8. The van der Waals surface area contributed by atoms with Crippen molar-refractivity contribution in [1.29, 1.82) is 0 Å². The van der Waals surface area contributed by atoms with Gasteiger partial charge in [0.2, 0.25) is 0 Å². The Kier molecular flexibility index (Phi) is 4.41. The topological polar surface area (TPSA) is 95.0 Å². The Bertz CT molecular complexity index is 1020. The molecule has 2 heterocycles. The number of phenols is 1. The van der Waals surface area contributed by atoms with Gasteiger partial charge in [0.15, 0.2) is 5.82 Å². The van der Waals surface area contributed by atoms with Gasteiger partial charge in [0.1, 0.15) is 5.75 Å². The zero-order chi connectivity index (χ0) is 19.0. The fourth-order valence-electron chi connectivity index (χ4n) is 3.03. The van der Waals surface area contributed by atoms with E-state index in [1.165, 1.54) is 11.8 Å². The number of hydrogen-bond donors (Lipinski definition) is 2. The Morgan fingerprint density at radius 2 is 1.96 bits per heavy atom. The van der Waals surface area contributed by atoms with Crippen LogP contribution in [0.4, 0.5) is 5.69 Å². The van der Waals surface area contributed by atoms with E-state index in [1.54, 1.807) is 4.90 Å². The van der Waals surface area contributed by atoms with Crippen molar-refractivity contribution in [3.63, 3.8) is 0 Å². The van der Waals surface area contributed by atoms with Crippen molar-refractivity contribution >= 4 is 29.4 Å². The molecule has 8 heteroatoms. The number of para-hydroxylation sites is 1. The Morgan fingerprint density at radius 1 is 1.22 bits per heavy atom. The summed E-state index contributed by atoms with van der Waals surface area (Å²) >= 11 is 1.44. The number of carbonyl (C=O) groups excluding carboxylic acids is 1. The van der Waals surface area contributed by atoms with Gasteiger partial charge in [-0.05, 0) is 60.9 Å². The molecular weight excluding hydrogens is 362 g/mol. The molecule has 2 aromatic carbocycles. The largest absolute Gasteiger partial charge is 0.507 e. The number of aromatic amines is 1. The fourth-order valence-corrected chi connectivity index (χ4v) is 4.09. The predicted octanol–water partition coefficient (Wildman–Crippen LogP) is 3.20. The lowest BCUT2D eigenvalue weighted by atomic mass is 10.1. The summed E-state index contributed by atoms with van der Waals surface area (Å²) in [5.74, 6) is 0.608. The maximum atomic E-state index is 13.2. The molecule has 3 aromatic rings. The van der Waals surface area contributed by atoms with Crippen molar-refractivity contribution in [2.75, 3.05) is 4.90 Å². The Labute approximate surface area is 160 Å². The standard InChI is InChI=1S/C19H17N5O2S/c1-11-7-13(8-12(2)18(11)25)9-16-19(26)24(10-17-20-22-23-21-17)14-5-3-4-6-15(14)27-16/h3-9,25H,10H2,1-2H3,(H,20,21,22,23). The first-order valence-electron chi connectivity index (χ1n) is 8.36. The van der Waals surface area contributed by atoms with Gasteiger partial charge in [0.25, 0.3) is 5.91 Å². The van der Waals surface area contributed by atoms with Gasteiger partial charge in [-0.2, -0.15) is 5.21 Å². The molecule has 0 aliphatic carbocycles. The molecule has 27 heavy (non-hydrogen) atoms. The molecule has 2 N–H and O–H groups in total. The third-order valence-corrected chi connectivity index (χ3v) is 5.41. The number of hydrogen-bond acceptors (Lipinski definition) is 6. The van der Waals surface area contributed by atoms with Crippen molar-refractivity contribution < 1.29 is 9.90 Å². The van der Waals surface area contributed by atoms with Crippen LogP contribution in [0.1, 0.15) is 22.5 Å². The number of tetrazole rings is 1. The van der Waals surface area contributed by atoms with Crippen LogP contribution in [0.5, 0.6) is 5.75 Å². The summed E-state index contributed by atoms with van der Waals surface area (Å²) in [6.45, 7) is 3.92. The maximum absolute atomic E-state index is 13.2. The van der Waals surface area contributed by atoms with Crippen molar-refractivity contribution in [3.8, 4) is 5.75 Å². The van der Waals surface area contributed by atoms with Gasteiger partial charge in [0, 0.05) is 4.90 Å². The van der Waals surface area contributed by atoms with Crippen molar-refractivity contribution in [2.45, 2.75) is 25.3 Å². The highest BCUT2D eigenvalue weighted by Crippen LogP contribution is 2.42. The van der Waals surface area contributed by atoms with Crippen LogP contribution in [-0.4, -0.2) is 31.6 Å². The number of rotatable bonds is 3. The molecule has 1 aromatic heterocycles. The summed E-state index contributed by atoms with van der Waals surface area (Å²) < 4.78 is 0. The number of phenolic OH excluding ortho intramolecular Hbond substituents is 1. The van der Waals surface area contributed by atoms with E-state index < -0.39 is 0 Å². The predicted molar refractivity (Wildman–Crippen MR) is 103 cm³/mol. The van der Waals surface area contributed by atoms with Crippen molar-refractivity contribution in [3.05, 3.63) is 63.8 Å². The minimum absolute atomic E-state index is 0.119. The Hall–Kier alpha value is -3.13. The number of anilines is 1. The van der Waals surface area contributed by atoms with Crippen molar-refractivity contribution in [2.24, 2.45) is 0 Å². The van der Waals surface area contributed by atoms with Gasteiger partial charge in [-0.15, -0.1) is 10.2 Å². The first-order valence-corrected chi connectivity index (χ1v) is 9.17. The van der Waals surface area contributed by atoms with Crippen LogP contribution in [0.25, 0.3) is 6.08 Å². The number of carbonyl (C=O) groups is 1. The monoisotopic (exact) mass is 379 g/mol. The summed E-state index contributed by atoms with van der Waals surface area (Å²) in [7, 11) is 0. The number of thioether (sulfide) groups is 1. The third kappa shape index (κ3) is 3.31. The second-order valence-corrected chi connectivity index (χ2v) is 7.38. The highest BCUT2D eigenvalue weighted by molar-refractivity contribution is 8.04. The van der Waals surface area contributed by atoms with Crippen molar-refractivity contribution in [1.82, 2.24) is 20.6 Å². The summed E-state index contributed by atoms with van der Waals surface area (Å²) in [5.41, 5.74) is 3.25. The highest BCUT2D eigenvalue weighted by Gasteiger charge is 2.30. The third-order valence-electron chi connectivity index (χ3n) is 4.33. The van der Waals surface area contributed by atoms with E-state index in [1.807, 2.05) is 56.3 Å². The number of aromatic nitrogens is 4. The van der Waals surface area contributed by atoms with Gasteiger partial charge in [-0.25, -0.2) is 0 Å². The number of amides is 1.